The molecule has 3 atom stereocenters. The zero-order chi connectivity index (χ0) is 10.1. The maximum absolute atomic E-state index is 10.5. The van der Waals surface area contributed by atoms with E-state index in [0.717, 1.165) is 17.5 Å². The lowest BCUT2D eigenvalue weighted by atomic mass is 9.86. The molecule has 0 saturated heterocycles. The number of hydrogen-bond donors (Lipinski definition) is 2. The Morgan fingerprint density at radius 3 is 2.71 bits per heavy atom. The van der Waals surface area contributed by atoms with E-state index < -0.39 is 6.03 Å². The van der Waals surface area contributed by atoms with E-state index in [1.165, 1.54) is 25.7 Å². The summed E-state index contributed by atoms with van der Waals surface area (Å²) in [6.45, 7) is 1.99. The maximum Gasteiger partial charge on any atom is 0.332 e. The highest BCUT2D eigenvalue weighted by Crippen LogP contribution is 2.48. The van der Waals surface area contributed by atoms with Crippen LogP contribution in [-0.4, -0.2) is 11.7 Å². The van der Waals surface area contributed by atoms with E-state index >= 15 is 0 Å². The zero-order valence-corrected chi connectivity index (χ0v) is 8.49. The molecule has 14 heavy (non-hydrogen) atoms. The Kier molecular flexibility index (Phi) is 2.44. The molecule has 2 saturated carbocycles. The van der Waals surface area contributed by atoms with Crippen LogP contribution in [0.3, 0.4) is 0 Å². The molecule has 4 heteroatoms. The van der Waals surface area contributed by atoms with Crippen molar-refractivity contribution in [2.75, 3.05) is 0 Å². The molecule has 0 aromatic rings. The molecule has 0 aromatic heterocycles. The van der Waals surface area contributed by atoms with Crippen molar-refractivity contribution in [1.29, 1.82) is 0 Å². The monoisotopic (exact) mass is 195 g/mol. The Morgan fingerprint density at radius 1 is 1.43 bits per heavy atom. The lowest BCUT2D eigenvalue weighted by Gasteiger charge is -2.20. The molecule has 2 rings (SSSR count). The minimum absolute atomic E-state index is 0.576. The summed E-state index contributed by atoms with van der Waals surface area (Å²) in [6.07, 6.45) is 5.32. The average molecular weight is 195 g/mol. The van der Waals surface area contributed by atoms with Crippen LogP contribution >= 0.6 is 0 Å². The highest BCUT2D eigenvalue weighted by molar-refractivity contribution is 5.86. The third-order valence-corrected chi connectivity index (χ3v) is 3.62. The van der Waals surface area contributed by atoms with Crippen LogP contribution in [0, 0.1) is 17.8 Å². The first-order valence-corrected chi connectivity index (χ1v) is 5.26. The minimum atomic E-state index is -0.576. The Bertz CT molecular complexity index is 275. The number of nitrogens with one attached hydrogen (secondary N) is 1. The van der Waals surface area contributed by atoms with Crippen molar-refractivity contribution >= 4 is 11.7 Å². The molecule has 2 bridgehead atoms. The highest BCUT2D eigenvalue weighted by Gasteiger charge is 2.40. The second-order valence-electron chi connectivity index (χ2n) is 4.51. The smallest absolute Gasteiger partial charge is 0.332 e. The number of amides is 2. The van der Waals surface area contributed by atoms with E-state index in [0.29, 0.717) is 5.92 Å². The van der Waals surface area contributed by atoms with Gasteiger partial charge in [0.05, 0.1) is 0 Å². The molecule has 0 aliphatic heterocycles. The van der Waals surface area contributed by atoms with Crippen LogP contribution in [0.1, 0.15) is 32.6 Å². The van der Waals surface area contributed by atoms with Crippen LogP contribution in [0.5, 0.6) is 0 Å². The number of urea groups is 1. The molecule has 0 aromatic carbocycles. The predicted molar refractivity (Wildman–Crippen MR) is 54.8 cm³/mol. The van der Waals surface area contributed by atoms with Gasteiger partial charge in [0.1, 0.15) is 0 Å². The van der Waals surface area contributed by atoms with Gasteiger partial charge in [0.2, 0.25) is 0 Å². The molecule has 0 unspecified atom stereocenters. The summed E-state index contributed by atoms with van der Waals surface area (Å²) in [7, 11) is 0. The summed E-state index contributed by atoms with van der Waals surface area (Å²) in [5.41, 5.74) is 8.30. The predicted octanol–water partition coefficient (Wildman–Crippen LogP) is 1.47. The number of carbonyl (C=O) groups is 1. The lowest BCUT2D eigenvalue weighted by molar-refractivity contribution is 0.249. The van der Waals surface area contributed by atoms with Crippen LogP contribution in [0.25, 0.3) is 0 Å². The van der Waals surface area contributed by atoms with Crippen LogP contribution in [0.4, 0.5) is 4.79 Å². The third kappa shape index (κ3) is 1.74. The third-order valence-electron chi connectivity index (χ3n) is 3.62. The number of primary amides is 1. The minimum Gasteiger partial charge on any atom is -0.350 e. The molecule has 3 N–H and O–H groups in total. The fourth-order valence-corrected chi connectivity index (χ4v) is 2.98. The van der Waals surface area contributed by atoms with Gasteiger partial charge in [-0.1, -0.05) is 6.42 Å². The standard InChI is InChI=1S/C10H17N3O/c1-6(12-13-10(11)14)9-5-7-2-3-8(9)4-7/h7-9H,2-5H2,1H3,(H3,11,13,14)/b12-6+/t7-,8-,9-/m0/s1. The van der Waals surface area contributed by atoms with Gasteiger partial charge in [-0.05, 0) is 38.0 Å². The van der Waals surface area contributed by atoms with E-state index in [1.54, 1.807) is 0 Å². The summed E-state index contributed by atoms with van der Waals surface area (Å²) >= 11 is 0. The Balaban J connectivity index is 1.95. The molecule has 2 fully saturated rings. The van der Waals surface area contributed by atoms with E-state index in [9.17, 15) is 4.79 Å². The van der Waals surface area contributed by atoms with Gasteiger partial charge in [-0.15, -0.1) is 0 Å². The Hall–Kier alpha value is -1.06. The van der Waals surface area contributed by atoms with E-state index in [1.807, 2.05) is 6.92 Å². The van der Waals surface area contributed by atoms with Crippen LogP contribution in [0.15, 0.2) is 5.10 Å². The van der Waals surface area contributed by atoms with E-state index in [4.69, 9.17) is 5.73 Å². The molecule has 78 valence electrons. The number of nitrogens with two attached hydrogens (primary N) is 1. The quantitative estimate of drug-likeness (QED) is 0.508. The van der Waals surface area contributed by atoms with Crippen molar-refractivity contribution in [3.63, 3.8) is 0 Å². The fourth-order valence-electron chi connectivity index (χ4n) is 2.98. The molecular weight excluding hydrogens is 178 g/mol. The highest BCUT2D eigenvalue weighted by atomic mass is 16.2. The average Bonchev–Trinajstić information content (AvgIpc) is 2.74. The number of rotatable bonds is 2. The topological polar surface area (TPSA) is 67.5 Å². The van der Waals surface area contributed by atoms with Gasteiger partial charge in [-0.2, -0.15) is 5.10 Å². The number of hydrazone groups is 1. The van der Waals surface area contributed by atoms with Crippen molar-refractivity contribution in [1.82, 2.24) is 5.43 Å². The van der Waals surface area contributed by atoms with Crippen molar-refractivity contribution in [2.24, 2.45) is 28.6 Å². The lowest BCUT2D eigenvalue weighted by Crippen LogP contribution is -2.28. The van der Waals surface area contributed by atoms with Crippen LogP contribution < -0.4 is 11.2 Å². The van der Waals surface area contributed by atoms with Crippen molar-refractivity contribution in [2.45, 2.75) is 32.6 Å². The summed E-state index contributed by atoms with van der Waals surface area (Å²) in [6, 6.07) is -0.576. The van der Waals surface area contributed by atoms with Gasteiger partial charge in [-0.3, -0.25) is 0 Å². The first kappa shape index (κ1) is 9.49. The second-order valence-corrected chi connectivity index (χ2v) is 4.51. The molecule has 2 amide bonds. The molecular formula is C10H17N3O. The van der Waals surface area contributed by atoms with Crippen molar-refractivity contribution < 1.29 is 4.79 Å². The largest absolute Gasteiger partial charge is 0.350 e. The molecule has 0 spiro atoms. The Labute approximate surface area is 83.9 Å². The SMILES string of the molecule is C/C(=N\NC(N)=O)[C@@H]1C[C@H]2CC[C@H]1C2. The summed E-state index contributed by atoms with van der Waals surface area (Å²) in [5.74, 6) is 2.29. The fraction of sp³-hybridized carbons (Fsp3) is 0.800. The van der Waals surface area contributed by atoms with Gasteiger partial charge in [0.15, 0.2) is 0 Å². The first-order chi connectivity index (χ1) is 6.66. The number of fused-ring (bicyclic) bond motifs is 2. The van der Waals surface area contributed by atoms with Gasteiger partial charge in [0, 0.05) is 11.6 Å². The van der Waals surface area contributed by atoms with Gasteiger partial charge in [-0.25, -0.2) is 10.2 Å². The first-order valence-electron chi connectivity index (χ1n) is 5.26. The maximum atomic E-state index is 10.5. The van der Waals surface area contributed by atoms with Crippen LogP contribution in [-0.2, 0) is 0 Å². The van der Waals surface area contributed by atoms with E-state index in [2.05, 4.69) is 10.5 Å². The Morgan fingerprint density at radius 2 is 2.21 bits per heavy atom. The molecule has 0 radical (unpaired) electrons. The summed E-state index contributed by atoms with van der Waals surface area (Å²) < 4.78 is 0. The molecule has 0 heterocycles. The van der Waals surface area contributed by atoms with Gasteiger partial charge < -0.3 is 5.73 Å². The van der Waals surface area contributed by atoms with E-state index in [-0.39, 0.29) is 0 Å². The van der Waals surface area contributed by atoms with Gasteiger partial charge in [0.25, 0.3) is 0 Å². The number of hydrogen-bond acceptors (Lipinski definition) is 2. The summed E-state index contributed by atoms with van der Waals surface area (Å²) in [5, 5.41) is 4.02. The molecule has 2 aliphatic rings. The molecule has 2 aliphatic carbocycles. The zero-order valence-electron chi connectivity index (χ0n) is 8.49. The van der Waals surface area contributed by atoms with Crippen molar-refractivity contribution in [3.05, 3.63) is 0 Å². The molecule has 4 nitrogen and oxygen atoms in total. The number of nitrogens with zero attached hydrogens (tertiary/aromatic N) is 1. The van der Waals surface area contributed by atoms with Crippen LogP contribution in [0.2, 0.25) is 0 Å². The van der Waals surface area contributed by atoms with Gasteiger partial charge >= 0.3 is 6.03 Å². The second kappa shape index (κ2) is 3.59. The van der Waals surface area contributed by atoms with Crippen molar-refractivity contribution in [3.8, 4) is 0 Å². The summed E-state index contributed by atoms with van der Waals surface area (Å²) in [4.78, 5) is 10.5. The number of carbonyl (C=O) groups excluding carboxylic acids is 1. The normalized spacial score (nSPS) is 36.1.